The van der Waals surface area contributed by atoms with Gasteiger partial charge in [-0.1, -0.05) is 15.9 Å². The molecule has 1 heterocycles. The van der Waals surface area contributed by atoms with Crippen molar-refractivity contribution in [3.63, 3.8) is 0 Å². The first-order chi connectivity index (χ1) is 8.11. The monoisotopic (exact) mass is 298 g/mol. The lowest BCUT2D eigenvalue weighted by Gasteiger charge is -2.39. The molecule has 0 bridgehead atoms. The van der Waals surface area contributed by atoms with Gasteiger partial charge in [-0.05, 0) is 38.0 Å². The number of nitrogens with zero attached hydrogens (tertiary/aromatic N) is 1. The highest BCUT2D eigenvalue weighted by Gasteiger charge is 2.26. The minimum atomic E-state index is 0.384. The number of rotatable bonds is 2. The third-order valence-corrected chi connectivity index (χ3v) is 3.96. The molecule has 2 atom stereocenters. The van der Waals surface area contributed by atoms with E-state index in [1.807, 2.05) is 12.1 Å². The van der Waals surface area contributed by atoms with Gasteiger partial charge in [0.2, 0.25) is 0 Å². The summed E-state index contributed by atoms with van der Waals surface area (Å²) in [6, 6.07) is 6.49. The van der Waals surface area contributed by atoms with Crippen LogP contribution in [0.1, 0.15) is 19.8 Å². The fourth-order valence-electron chi connectivity index (χ4n) is 2.47. The second-order valence-corrected chi connectivity index (χ2v) is 5.54. The summed E-state index contributed by atoms with van der Waals surface area (Å²) < 4.78 is 6.50. The molecule has 1 aromatic rings. The molecule has 1 fully saturated rings. The van der Waals surface area contributed by atoms with Crippen LogP contribution in [-0.4, -0.2) is 25.8 Å². The van der Waals surface area contributed by atoms with Crippen molar-refractivity contribution in [1.82, 2.24) is 0 Å². The van der Waals surface area contributed by atoms with Gasteiger partial charge in [0.05, 0.1) is 17.5 Å². The van der Waals surface area contributed by atoms with Crippen molar-refractivity contribution in [2.45, 2.75) is 31.9 Å². The number of hydrogen-bond donors (Lipinski definition) is 1. The summed E-state index contributed by atoms with van der Waals surface area (Å²) in [6.45, 7) is 3.23. The van der Waals surface area contributed by atoms with Gasteiger partial charge in [0, 0.05) is 24.2 Å². The third kappa shape index (κ3) is 2.75. The number of benzene rings is 1. The molecule has 2 unspecified atom stereocenters. The van der Waals surface area contributed by atoms with Gasteiger partial charge in [-0.3, -0.25) is 0 Å². The van der Waals surface area contributed by atoms with Crippen LogP contribution in [0, 0.1) is 0 Å². The number of anilines is 2. The quantitative estimate of drug-likeness (QED) is 0.853. The third-order valence-electron chi connectivity index (χ3n) is 3.46. The first-order valence-electron chi connectivity index (χ1n) is 5.96. The highest BCUT2D eigenvalue weighted by atomic mass is 79.9. The molecule has 1 saturated heterocycles. The molecule has 94 valence electrons. The Kier molecular flexibility index (Phi) is 3.94. The Hall–Kier alpha value is -0.740. The largest absolute Gasteiger partial charge is 0.397 e. The molecule has 0 aliphatic carbocycles. The molecule has 0 spiro atoms. The summed E-state index contributed by atoms with van der Waals surface area (Å²) in [4.78, 5) is 2.37. The molecule has 0 aromatic heterocycles. The van der Waals surface area contributed by atoms with Crippen molar-refractivity contribution < 1.29 is 4.74 Å². The number of halogens is 1. The average Bonchev–Trinajstić information content (AvgIpc) is 2.32. The molecule has 4 heteroatoms. The number of methoxy groups -OCH3 is 1. The number of ether oxygens (including phenoxy) is 1. The summed E-state index contributed by atoms with van der Waals surface area (Å²) in [5.41, 5.74) is 8.03. The van der Waals surface area contributed by atoms with Crippen molar-refractivity contribution in [3.8, 4) is 0 Å². The van der Waals surface area contributed by atoms with E-state index in [1.54, 1.807) is 7.11 Å². The maximum Gasteiger partial charge on any atom is 0.0613 e. The summed E-state index contributed by atoms with van der Waals surface area (Å²) >= 11 is 3.50. The molecular formula is C13H19BrN2O. The summed E-state index contributed by atoms with van der Waals surface area (Å²) in [5.74, 6) is 0. The summed E-state index contributed by atoms with van der Waals surface area (Å²) in [5, 5.41) is 0. The fourth-order valence-corrected chi connectivity index (χ4v) is 2.82. The molecule has 2 rings (SSSR count). The maximum absolute atomic E-state index is 6.06. The van der Waals surface area contributed by atoms with Crippen LogP contribution >= 0.6 is 15.9 Å². The molecule has 0 amide bonds. The molecule has 2 N–H and O–H groups in total. The molecule has 1 aromatic carbocycles. The van der Waals surface area contributed by atoms with Gasteiger partial charge < -0.3 is 15.4 Å². The number of nitrogens with two attached hydrogens (primary N) is 1. The van der Waals surface area contributed by atoms with Crippen LogP contribution in [0.3, 0.4) is 0 Å². The lowest BCUT2D eigenvalue weighted by atomic mass is 9.99. The Morgan fingerprint density at radius 2 is 2.24 bits per heavy atom. The van der Waals surface area contributed by atoms with Gasteiger partial charge >= 0.3 is 0 Å². The fraction of sp³-hybridized carbons (Fsp3) is 0.538. The minimum Gasteiger partial charge on any atom is -0.397 e. The van der Waals surface area contributed by atoms with E-state index in [4.69, 9.17) is 10.5 Å². The Balaban J connectivity index is 2.20. The Bertz CT molecular complexity index is 397. The van der Waals surface area contributed by atoms with Crippen molar-refractivity contribution >= 4 is 27.3 Å². The maximum atomic E-state index is 6.06. The van der Waals surface area contributed by atoms with E-state index in [0.29, 0.717) is 12.1 Å². The molecule has 0 saturated carbocycles. The zero-order valence-corrected chi connectivity index (χ0v) is 11.9. The Labute approximate surface area is 111 Å². The second-order valence-electron chi connectivity index (χ2n) is 4.63. The van der Waals surface area contributed by atoms with Crippen LogP contribution in [0.15, 0.2) is 22.7 Å². The SMILES string of the molecule is COC1CCN(c2cc(Br)ccc2N)C(C)C1. The van der Waals surface area contributed by atoms with Gasteiger partial charge in [0.25, 0.3) is 0 Å². The molecule has 3 nitrogen and oxygen atoms in total. The van der Waals surface area contributed by atoms with Gasteiger partial charge in [-0.25, -0.2) is 0 Å². The van der Waals surface area contributed by atoms with E-state index in [1.165, 1.54) is 0 Å². The van der Waals surface area contributed by atoms with E-state index in [0.717, 1.165) is 35.2 Å². The van der Waals surface area contributed by atoms with Crippen LogP contribution in [0.25, 0.3) is 0 Å². The normalized spacial score (nSPS) is 25.0. The van der Waals surface area contributed by atoms with E-state index >= 15 is 0 Å². The zero-order valence-electron chi connectivity index (χ0n) is 10.3. The van der Waals surface area contributed by atoms with E-state index < -0.39 is 0 Å². The first-order valence-corrected chi connectivity index (χ1v) is 6.75. The van der Waals surface area contributed by atoms with Crippen LogP contribution < -0.4 is 10.6 Å². The minimum absolute atomic E-state index is 0.384. The van der Waals surface area contributed by atoms with Crippen LogP contribution in [-0.2, 0) is 4.74 Å². The average molecular weight is 299 g/mol. The molecule has 1 aliphatic heterocycles. The van der Waals surface area contributed by atoms with Crippen LogP contribution in [0.4, 0.5) is 11.4 Å². The summed E-state index contributed by atoms with van der Waals surface area (Å²) in [6.07, 6.45) is 2.50. The summed E-state index contributed by atoms with van der Waals surface area (Å²) in [7, 11) is 1.79. The van der Waals surface area contributed by atoms with Crippen molar-refractivity contribution in [3.05, 3.63) is 22.7 Å². The zero-order chi connectivity index (χ0) is 12.4. The highest BCUT2D eigenvalue weighted by Crippen LogP contribution is 2.32. The van der Waals surface area contributed by atoms with E-state index in [9.17, 15) is 0 Å². The lowest BCUT2D eigenvalue weighted by molar-refractivity contribution is 0.0721. The number of piperidine rings is 1. The predicted octanol–water partition coefficient (Wildman–Crippen LogP) is 3.04. The predicted molar refractivity (Wildman–Crippen MR) is 75.4 cm³/mol. The van der Waals surface area contributed by atoms with Crippen molar-refractivity contribution in [2.75, 3.05) is 24.3 Å². The van der Waals surface area contributed by atoms with Crippen LogP contribution in [0.2, 0.25) is 0 Å². The van der Waals surface area contributed by atoms with Crippen molar-refractivity contribution in [2.24, 2.45) is 0 Å². The van der Waals surface area contributed by atoms with Gasteiger partial charge in [0.15, 0.2) is 0 Å². The molecule has 17 heavy (non-hydrogen) atoms. The smallest absolute Gasteiger partial charge is 0.0613 e. The van der Waals surface area contributed by atoms with Gasteiger partial charge in [-0.15, -0.1) is 0 Å². The second kappa shape index (κ2) is 5.27. The van der Waals surface area contributed by atoms with E-state index in [2.05, 4.69) is 33.8 Å². The lowest BCUT2D eigenvalue weighted by Crippen LogP contribution is -2.43. The van der Waals surface area contributed by atoms with Crippen LogP contribution in [0.5, 0.6) is 0 Å². The Morgan fingerprint density at radius 1 is 1.47 bits per heavy atom. The standard InChI is InChI=1S/C13H19BrN2O/c1-9-7-11(17-2)5-6-16(9)13-8-10(14)3-4-12(13)15/h3-4,8-9,11H,5-7,15H2,1-2H3. The van der Waals surface area contributed by atoms with Gasteiger partial charge in [0.1, 0.15) is 0 Å². The number of hydrogen-bond acceptors (Lipinski definition) is 3. The molecular weight excluding hydrogens is 280 g/mol. The topological polar surface area (TPSA) is 38.5 Å². The first kappa shape index (κ1) is 12.7. The van der Waals surface area contributed by atoms with Crippen molar-refractivity contribution in [1.29, 1.82) is 0 Å². The highest BCUT2D eigenvalue weighted by molar-refractivity contribution is 9.10. The molecule has 0 radical (unpaired) electrons. The number of nitrogen functional groups attached to an aromatic ring is 1. The molecule has 1 aliphatic rings. The van der Waals surface area contributed by atoms with E-state index in [-0.39, 0.29) is 0 Å². The van der Waals surface area contributed by atoms with Gasteiger partial charge in [-0.2, -0.15) is 0 Å². The Morgan fingerprint density at radius 3 is 2.88 bits per heavy atom.